The topological polar surface area (TPSA) is 30.0 Å². The molecule has 1 aliphatic carbocycles. The summed E-state index contributed by atoms with van der Waals surface area (Å²) < 4.78 is 1.19. The molecule has 1 heterocycles. The lowest BCUT2D eigenvalue weighted by Gasteiger charge is -2.40. The third kappa shape index (κ3) is 3.13. The number of likely N-dealkylation sites (tertiary alicyclic amines) is 1. The monoisotopic (exact) mass is 323 g/mol. The van der Waals surface area contributed by atoms with Crippen LogP contribution in [0.5, 0.6) is 0 Å². The van der Waals surface area contributed by atoms with Crippen molar-refractivity contribution < 1.29 is 9.96 Å². The molecule has 0 bridgehead atoms. The highest BCUT2D eigenvalue weighted by molar-refractivity contribution is 5.45. The molecule has 2 aliphatic rings. The first-order valence-electron chi connectivity index (χ1n) is 9.12. The lowest BCUT2D eigenvalue weighted by atomic mass is 9.74. The first-order valence-corrected chi connectivity index (χ1v) is 9.12. The number of benzene rings is 2. The van der Waals surface area contributed by atoms with Gasteiger partial charge in [-0.1, -0.05) is 48.5 Å². The SMILES string of the molecule is C[N+]1(C)CCC(C2c3ccccc3CCc3ccccc32)CC1.[OH-]. The molecule has 24 heavy (non-hydrogen) atoms. The van der Waals surface area contributed by atoms with E-state index in [-0.39, 0.29) is 5.48 Å². The van der Waals surface area contributed by atoms with E-state index in [0.717, 1.165) is 5.92 Å². The van der Waals surface area contributed by atoms with Crippen LogP contribution in [0.4, 0.5) is 0 Å². The first-order chi connectivity index (χ1) is 11.1. The van der Waals surface area contributed by atoms with E-state index in [1.165, 1.54) is 43.3 Å². The predicted octanol–water partition coefficient (Wildman–Crippen LogP) is 4.23. The van der Waals surface area contributed by atoms with Gasteiger partial charge in [0, 0.05) is 18.8 Å². The minimum absolute atomic E-state index is 0. The largest absolute Gasteiger partial charge is 0.870 e. The Morgan fingerprint density at radius 3 is 1.71 bits per heavy atom. The minimum atomic E-state index is 0. The molecule has 0 radical (unpaired) electrons. The van der Waals surface area contributed by atoms with Crippen LogP contribution in [0.25, 0.3) is 0 Å². The Morgan fingerprint density at radius 1 is 0.750 bits per heavy atom. The average Bonchev–Trinajstić information content (AvgIpc) is 2.72. The normalized spacial score (nSPS) is 20.4. The second-order valence-corrected chi connectivity index (χ2v) is 8.10. The fourth-order valence-corrected chi connectivity index (χ4v) is 4.70. The number of piperidine rings is 1. The number of fused-ring (bicyclic) bond motifs is 2. The molecule has 4 rings (SSSR count). The summed E-state index contributed by atoms with van der Waals surface area (Å²) >= 11 is 0. The Labute approximate surface area is 146 Å². The van der Waals surface area contributed by atoms with Gasteiger partial charge in [-0.2, -0.15) is 0 Å². The molecule has 2 heteroatoms. The molecule has 0 unspecified atom stereocenters. The summed E-state index contributed by atoms with van der Waals surface area (Å²) in [6, 6.07) is 18.4. The Morgan fingerprint density at radius 2 is 1.21 bits per heavy atom. The Hall–Kier alpha value is -1.64. The maximum absolute atomic E-state index is 2.40. The number of rotatable bonds is 1. The van der Waals surface area contributed by atoms with E-state index in [9.17, 15) is 0 Å². The summed E-state index contributed by atoms with van der Waals surface area (Å²) in [7, 11) is 4.76. The Kier molecular flexibility index (Phi) is 4.80. The van der Waals surface area contributed by atoms with E-state index in [1.54, 1.807) is 22.3 Å². The first kappa shape index (κ1) is 17.2. The Balaban J connectivity index is 0.00000169. The van der Waals surface area contributed by atoms with Crippen molar-refractivity contribution in [3.05, 3.63) is 70.8 Å². The summed E-state index contributed by atoms with van der Waals surface area (Å²) in [6.07, 6.45) is 5.08. The number of hydrogen-bond donors (Lipinski definition) is 0. The van der Waals surface area contributed by atoms with Crippen molar-refractivity contribution in [2.24, 2.45) is 5.92 Å². The van der Waals surface area contributed by atoms with Gasteiger partial charge in [0.25, 0.3) is 0 Å². The quantitative estimate of drug-likeness (QED) is 0.722. The minimum Gasteiger partial charge on any atom is -0.870 e. The second-order valence-electron chi connectivity index (χ2n) is 8.10. The van der Waals surface area contributed by atoms with Gasteiger partial charge in [0.1, 0.15) is 0 Å². The molecule has 0 amide bonds. The second kappa shape index (κ2) is 6.70. The fraction of sp³-hybridized carbons (Fsp3) is 0.455. The molecule has 0 spiro atoms. The van der Waals surface area contributed by atoms with Crippen LogP contribution in [0.3, 0.4) is 0 Å². The highest BCUT2D eigenvalue weighted by Crippen LogP contribution is 2.43. The van der Waals surface area contributed by atoms with Crippen molar-refractivity contribution in [2.75, 3.05) is 27.2 Å². The number of hydrogen-bond acceptors (Lipinski definition) is 1. The van der Waals surface area contributed by atoms with Crippen LogP contribution in [-0.4, -0.2) is 37.1 Å². The van der Waals surface area contributed by atoms with E-state index >= 15 is 0 Å². The molecular weight excluding hydrogens is 294 g/mol. The van der Waals surface area contributed by atoms with Crippen LogP contribution < -0.4 is 0 Å². The average molecular weight is 323 g/mol. The zero-order chi connectivity index (χ0) is 15.9. The molecule has 2 aromatic rings. The van der Waals surface area contributed by atoms with E-state index in [2.05, 4.69) is 62.6 Å². The van der Waals surface area contributed by atoms with Crippen LogP contribution in [-0.2, 0) is 12.8 Å². The fourth-order valence-electron chi connectivity index (χ4n) is 4.70. The van der Waals surface area contributed by atoms with Crippen molar-refractivity contribution >= 4 is 0 Å². The van der Waals surface area contributed by atoms with Crippen molar-refractivity contribution in [3.63, 3.8) is 0 Å². The van der Waals surface area contributed by atoms with Gasteiger partial charge in [-0.25, -0.2) is 0 Å². The highest BCUT2D eigenvalue weighted by Gasteiger charge is 2.35. The summed E-state index contributed by atoms with van der Waals surface area (Å²) in [4.78, 5) is 0. The van der Waals surface area contributed by atoms with Crippen LogP contribution in [0.15, 0.2) is 48.5 Å². The van der Waals surface area contributed by atoms with Crippen molar-refractivity contribution in [3.8, 4) is 0 Å². The van der Waals surface area contributed by atoms with Crippen LogP contribution in [0.2, 0.25) is 0 Å². The van der Waals surface area contributed by atoms with Gasteiger partial charge in [-0.3, -0.25) is 0 Å². The standard InChI is InChI=1S/C22H28N.H2O/c1-23(2)15-13-19(14-16-23)22-20-9-5-3-7-17(20)11-12-18-8-4-6-10-21(18)22;/h3-10,19,22H,11-16H2,1-2H3;1H2/q+1;/p-1. The molecule has 0 saturated carbocycles. The van der Waals surface area contributed by atoms with Crippen LogP contribution >= 0.6 is 0 Å². The van der Waals surface area contributed by atoms with Gasteiger partial charge < -0.3 is 9.96 Å². The maximum Gasteiger partial charge on any atom is 0.0785 e. The molecular formula is C22H29NO. The molecule has 1 N–H and O–H groups in total. The van der Waals surface area contributed by atoms with Gasteiger partial charge in [-0.15, -0.1) is 0 Å². The Bertz CT molecular complexity index is 649. The molecule has 1 fully saturated rings. The molecule has 0 aromatic heterocycles. The zero-order valence-electron chi connectivity index (χ0n) is 14.9. The number of nitrogens with zero attached hydrogens (tertiary/aromatic N) is 1. The predicted molar refractivity (Wildman–Crippen MR) is 98.6 cm³/mol. The van der Waals surface area contributed by atoms with Gasteiger partial charge in [-0.05, 0) is 41.0 Å². The summed E-state index contributed by atoms with van der Waals surface area (Å²) in [5, 5.41) is 0. The lowest BCUT2D eigenvalue weighted by molar-refractivity contribution is -0.896. The number of quaternary nitrogens is 1. The molecule has 1 saturated heterocycles. The van der Waals surface area contributed by atoms with Crippen molar-refractivity contribution in [1.82, 2.24) is 0 Å². The van der Waals surface area contributed by atoms with Gasteiger partial charge in [0.05, 0.1) is 27.2 Å². The molecule has 128 valence electrons. The molecule has 1 aliphatic heterocycles. The van der Waals surface area contributed by atoms with Crippen molar-refractivity contribution in [2.45, 2.75) is 31.6 Å². The number of aryl methyl sites for hydroxylation is 2. The van der Waals surface area contributed by atoms with Gasteiger partial charge in [0.2, 0.25) is 0 Å². The molecule has 2 aromatic carbocycles. The third-order valence-electron chi connectivity index (χ3n) is 6.13. The highest BCUT2D eigenvalue weighted by atomic mass is 16.0. The molecule has 2 nitrogen and oxygen atoms in total. The van der Waals surface area contributed by atoms with Crippen molar-refractivity contribution in [1.29, 1.82) is 0 Å². The van der Waals surface area contributed by atoms with Gasteiger partial charge >= 0.3 is 0 Å². The maximum atomic E-state index is 2.40. The van der Waals surface area contributed by atoms with E-state index < -0.39 is 0 Å². The third-order valence-corrected chi connectivity index (χ3v) is 6.13. The lowest BCUT2D eigenvalue weighted by Crippen LogP contribution is -2.47. The van der Waals surface area contributed by atoms with Gasteiger partial charge in [0.15, 0.2) is 0 Å². The van der Waals surface area contributed by atoms with E-state index in [0.29, 0.717) is 5.92 Å². The smallest absolute Gasteiger partial charge is 0.0785 e. The van der Waals surface area contributed by atoms with Crippen LogP contribution in [0, 0.1) is 5.92 Å². The summed E-state index contributed by atoms with van der Waals surface area (Å²) in [6.45, 7) is 2.62. The zero-order valence-corrected chi connectivity index (χ0v) is 14.9. The summed E-state index contributed by atoms with van der Waals surface area (Å²) in [5.74, 6) is 1.40. The van der Waals surface area contributed by atoms with E-state index in [4.69, 9.17) is 0 Å². The van der Waals surface area contributed by atoms with Crippen LogP contribution in [0.1, 0.15) is 41.0 Å². The summed E-state index contributed by atoms with van der Waals surface area (Å²) in [5.41, 5.74) is 6.37. The molecule has 0 atom stereocenters. The van der Waals surface area contributed by atoms with E-state index in [1.807, 2.05) is 0 Å².